The van der Waals surface area contributed by atoms with Crippen LogP contribution in [0.15, 0.2) is 42.7 Å². The highest BCUT2D eigenvalue weighted by molar-refractivity contribution is 5.53. The van der Waals surface area contributed by atoms with Crippen molar-refractivity contribution in [3.05, 3.63) is 53.9 Å². The second-order valence-electron chi connectivity index (χ2n) is 4.95. The molecule has 106 valence electrons. The molecular weight excluding hydrogens is 252 g/mol. The number of nitrogens with zero attached hydrogens (tertiary/aromatic N) is 2. The number of aromatic nitrogens is 1. The van der Waals surface area contributed by atoms with Crippen LogP contribution in [0.5, 0.6) is 5.75 Å². The monoisotopic (exact) mass is 272 g/mol. The fourth-order valence-electron chi connectivity index (χ4n) is 2.10. The number of phenolic OH excluding ortho intramolecular Hbond substituents is 1. The first-order valence-corrected chi connectivity index (χ1v) is 6.69. The van der Waals surface area contributed by atoms with Gasteiger partial charge in [0.25, 0.3) is 0 Å². The minimum absolute atomic E-state index is 0.133. The number of hydrogen-bond acceptors (Lipinski definition) is 4. The lowest BCUT2D eigenvalue weighted by molar-refractivity contribution is 0.195. The van der Waals surface area contributed by atoms with Crippen LogP contribution in [0.25, 0.3) is 0 Å². The number of hydrogen-bond donors (Lipinski definition) is 2. The molecule has 0 saturated heterocycles. The Hall–Kier alpha value is -2.07. The van der Waals surface area contributed by atoms with E-state index in [1.165, 1.54) is 5.56 Å². The molecule has 4 nitrogen and oxygen atoms in total. The molecule has 2 N–H and O–H groups in total. The molecule has 2 aromatic rings. The number of pyridine rings is 1. The van der Waals surface area contributed by atoms with Crippen molar-refractivity contribution >= 4 is 5.69 Å². The number of phenols is 1. The van der Waals surface area contributed by atoms with Gasteiger partial charge in [-0.3, -0.25) is 4.98 Å². The molecule has 0 aliphatic heterocycles. The van der Waals surface area contributed by atoms with Crippen molar-refractivity contribution < 1.29 is 10.2 Å². The number of likely N-dealkylation sites (N-methyl/N-ethyl adjacent to an activating group) is 1. The highest BCUT2D eigenvalue weighted by Gasteiger charge is 2.09. The maximum Gasteiger partial charge on any atom is 0.123 e. The molecule has 2 rings (SSSR count). The number of aliphatic hydroxyl groups is 1. The van der Waals surface area contributed by atoms with E-state index < -0.39 is 6.10 Å². The first kappa shape index (κ1) is 14.3. The number of anilines is 1. The van der Waals surface area contributed by atoms with Gasteiger partial charge in [0.15, 0.2) is 0 Å². The first-order chi connectivity index (χ1) is 9.58. The van der Waals surface area contributed by atoms with Crippen LogP contribution in [0.4, 0.5) is 5.69 Å². The van der Waals surface area contributed by atoms with E-state index in [9.17, 15) is 10.2 Å². The Morgan fingerprint density at radius 3 is 2.50 bits per heavy atom. The van der Waals surface area contributed by atoms with Crippen LogP contribution >= 0.6 is 0 Å². The Kier molecular flexibility index (Phi) is 4.58. The molecule has 4 heteroatoms. The quantitative estimate of drug-likeness (QED) is 0.878. The van der Waals surface area contributed by atoms with Crippen molar-refractivity contribution in [1.82, 2.24) is 4.98 Å². The van der Waals surface area contributed by atoms with Gasteiger partial charge in [-0.2, -0.15) is 0 Å². The first-order valence-electron chi connectivity index (χ1n) is 6.69. The standard InChI is InChI=1S/C16H20N2O2/c1-12(19)15-4-3-14(11-16(15)20)18(2)10-7-13-5-8-17-9-6-13/h3-6,8-9,11-12,19-20H,7,10H2,1-2H3. The summed E-state index contributed by atoms with van der Waals surface area (Å²) >= 11 is 0. The van der Waals surface area contributed by atoms with E-state index in [4.69, 9.17) is 0 Å². The predicted octanol–water partition coefficient (Wildman–Crippen LogP) is 2.52. The summed E-state index contributed by atoms with van der Waals surface area (Å²) in [6, 6.07) is 9.37. The summed E-state index contributed by atoms with van der Waals surface area (Å²) < 4.78 is 0. The molecule has 1 heterocycles. The largest absolute Gasteiger partial charge is 0.507 e. The van der Waals surface area contributed by atoms with Gasteiger partial charge in [-0.05, 0) is 37.1 Å². The van der Waals surface area contributed by atoms with Crippen molar-refractivity contribution in [2.45, 2.75) is 19.4 Å². The van der Waals surface area contributed by atoms with Gasteiger partial charge in [0, 0.05) is 43.3 Å². The third-order valence-electron chi connectivity index (χ3n) is 3.39. The molecule has 0 fully saturated rings. The number of aromatic hydroxyl groups is 1. The molecule has 0 aliphatic rings. The summed E-state index contributed by atoms with van der Waals surface area (Å²) in [6.45, 7) is 2.49. The lowest BCUT2D eigenvalue weighted by atomic mass is 10.1. The van der Waals surface area contributed by atoms with Gasteiger partial charge >= 0.3 is 0 Å². The van der Waals surface area contributed by atoms with E-state index in [-0.39, 0.29) is 5.75 Å². The Bertz CT molecular complexity index is 556. The minimum Gasteiger partial charge on any atom is -0.507 e. The predicted molar refractivity (Wildman–Crippen MR) is 80.0 cm³/mol. The van der Waals surface area contributed by atoms with Gasteiger partial charge in [0.2, 0.25) is 0 Å². The third kappa shape index (κ3) is 3.48. The highest BCUT2D eigenvalue weighted by Crippen LogP contribution is 2.28. The van der Waals surface area contributed by atoms with Crippen LogP contribution in [0.1, 0.15) is 24.2 Å². The zero-order valence-electron chi connectivity index (χ0n) is 11.8. The number of aliphatic hydroxyl groups excluding tert-OH is 1. The molecule has 1 atom stereocenters. The normalized spacial score (nSPS) is 12.2. The maximum absolute atomic E-state index is 9.90. The molecule has 0 saturated carbocycles. The highest BCUT2D eigenvalue weighted by atomic mass is 16.3. The number of benzene rings is 1. The van der Waals surface area contributed by atoms with Crippen LogP contribution in [0, 0.1) is 0 Å². The van der Waals surface area contributed by atoms with Gasteiger partial charge in [-0.1, -0.05) is 6.07 Å². The van der Waals surface area contributed by atoms with E-state index in [1.807, 2.05) is 25.2 Å². The molecule has 20 heavy (non-hydrogen) atoms. The van der Waals surface area contributed by atoms with Gasteiger partial charge in [0.1, 0.15) is 5.75 Å². The smallest absolute Gasteiger partial charge is 0.123 e. The Labute approximate surface area is 119 Å². The van der Waals surface area contributed by atoms with Crippen molar-refractivity contribution in [3.8, 4) is 5.75 Å². The molecule has 1 unspecified atom stereocenters. The second-order valence-corrected chi connectivity index (χ2v) is 4.95. The van der Waals surface area contributed by atoms with Crippen molar-refractivity contribution in [1.29, 1.82) is 0 Å². The summed E-state index contributed by atoms with van der Waals surface area (Å²) in [6.07, 6.45) is 3.83. The molecule has 1 aromatic carbocycles. The summed E-state index contributed by atoms with van der Waals surface area (Å²) in [5.41, 5.74) is 2.72. The summed E-state index contributed by atoms with van der Waals surface area (Å²) in [5, 5.41) is 19.4. The van der Waals surface area contributed by atoms with Gasteiger partial charge in [0.05, 0.1) is 6.10 Å². The minimum atomic E-state index is -0.661. The summed E-state index contributed by atoms with van der Waals surface area (Å²) in [5.74, 6) is 0.133. The molecular formula is C16H20N2O2. The fraction of sp³-hybridized carbons (Fsp3) is 0.312. The van der Waals surface area contributed by atoms with E-state index >= 15 is 0 Å². The summed E-state index contributed by atoms with van der Waals surface area (Å²) in [7, 11) is 1.98. The molecule has 1 aromatic heterocycles. The SMILES string of the molecule is CC(O)c1ccc(N(C)CCc2ccncc2)cc1O. The van der Waals surface area contributed by atoms with Crippen LogP contribution in [0.3, 0.4) is 0 Å². The maximum atomic E-state index is 9.90. The molecule has 0 aliphatic carbocycles. The van der Waals surface area contributed by atoms with Crippen LogP contribution in [-0.2, 0) is 6.42 Å². The van der Waals surface area contributed by atoms with Crippen LogP contribution in [0.2, 0.25) is 0 Å². The van der Waals surface area contributed by atoms with Gasteiger partial charge in [-0.25, -0.2) is 0 Å². The molecule has 0 bridgehead atoms. The van der Waals surface area contributed by atoms with Crippen molar-refractivity contribution in [3.63, 3.8) is 0 Å². The van der Waals surface area contributed by atoms with Gasteiger partial charge < -0.3 is 15.1 Å². The molecule has 0 spiro atoms. The average Bonchev–Trinajstić information content (AvgIpc) is 2.45. The van der Waals surface area contributed by atoms with Crippen molar-refractivity contribution in [2.24, 2.45) is 0 Å². The van der Waals surface area contributed by atoms with E-state index in [2.05, 4.69) is 9.88 Å². The summed E-state index contributed by atoms with van der Waals surface area (Å²) in [4.78, 5) is 6.07. The Balaban J connectivity index is 2.02. The zero-order valence-corrected chi connectivity index (χ0v) is 11.8. The molecule has 0 radical (unpaired) electrons. The fourth-order valence-corrected chi connectivity index (χ4v) is 2.10. The molecule has 0 amide bonds. The lowest BCUT2D eigenvalue weighted by Crippen LogP contribution is -2.20. The van der Waals surface area contributed by atoms with Crippen molar-refractivity contribution in [2.75, 3.05) is 18.5 Å². The Morgan fingerprint density at radius 1 is 1.20 bits per heavy atom. The van der Waals surface area contributed by atoms with E-state index in [0.29, 0.717) is 5.56 Å². The number of rotatable bonds is 5. The van der Waals surface area contributed by atoms with E-state index in [1.54, 1.807) is 31.5 Å². The topological polar surface area (TPSA) is 56.6 Å². The van der Waals surface area contributed by atoms with Gasteiger partial charge in [-0.15, -0.1) is 0 Å². The Morgan fingerprint density at radius 2 is 1.90 bits per heavy atom. The van der Waals surface area contributed by atoms with Crippen LogP contribution in [-0.4, -0.2) is 28.8 Å². The second kappa shape index (κ2) is 6.39. The third-order valence-corrected chi connectivity index (χ3v) is 3.39. The lowest BCUT2D eigenvalue weighted by Gasteiger charge is -2.20. The zero-order chi connectivity index (χ0) is 14.5. The van der Waals surface area contributed by atoms with Crippen LogP contribution < -0.4 is 4.90 Å². The average molecular weight is 272 g/mol. The van der Waals surface area contributed by atoms with E-state index in [0.717, 1.165) is 18.7 Å².